The molecule has 0 aliphatic rings. The molecular weight excluding hydrogens is 262 g/mol. The van der Waals surface area contributed by atoms with E-state index in [1.165, 1.54) is 12.1 Å². The van der Waals surface area contributed by atoms with Crippen LogP contribution in [0.1, 0.15) is 25.6 Å². The quantitative estimate of drug-likeness (QED) is 0.796. The van der Waals surface area contributed by atoms with Crippen molar-refractivity contribution in [1.29, 1.82) is 0 Å². The van der Waals surface area contributed by atoms with Crippen LogP contribution < -0.4 is 10.2 Å². The molecule has 106 valence electrons. The van der Waals surface area contributed by atoms with Gasteiger partial charge in [-0.3, -0.25) is 4.68 Å². The minimum Gasteiger partial charge on any atom is -0.488 e. The van der Waals surface area contributed by atoms with Gasteiger partial charge in [0.2, 0.25) is 0 Å². The zero-order chi connectivity index (χ0) is 14.7. The van der Waals surface area contributed by atoms with Crippen molar-refractivity contribution in [2.45, 2.75) is 26.5 Å². The van der Waals surface area contributed by atoms with E-state index in [0.717, 1.165) is 6.07 Å². The fraction of sp³-hybridized carbons (Fsp3) is 0.308. The van der Waals surface area contributed by atoms with Crippen molar-refractivity contribution >= 4 is 12.6 Å². The van der Waals surface area contributed by atoms with E-state index in [4.69, 9.17) is 4.74 Å². The zero-order valence-electron chi connectivity index (χ0n) is 11.3. The summed E-state index contributed by atoms with van der Waals surface area (Å²) in [5, 5.41) is 22.7. The standard InChI is InChI=1S/C13H16BFN2O3/c1-9(2)17-6-5-11(16-17)8-20-13-4-3-10(15)7-12(13)14(18)19/h3-7,9,18-19H,8H2,1-2H3. The molecule has 2 rings (SSSR count). The van der Waals surface area contributed by atoms with E-state index in [9.17, 15) is 14.4 Å². The summed E-state index contributed by atoms with van der Waals surface area (Å²) in [5.74, 6) is -0.329. The number of rotatable bonds is 5. The summed E-state index contributed by atoms with van der Waals surface area (Å²) in [5.41, 5.74) is 0.703. The molecule has 1 aromatic carbocycles. The fourth-order valence-electron chi connectivity index (χ4n) is 1.75. The summed E-state index contributed by atoms with van der Waals surface area (Å²) in [7, 11) is -1.78. The third-order valence-corrected chi connectivity index (χ3v) is 2.82. The Morgan fingerprint density at radius 3 is 2.70 bits per heavy atom. The molecule has 0 spiro atoms. The molecule has 1 aromatic heterocycles. The summed E-state index contributed by atoms with van der Waals surface area (Å²) in [4.78, 5) is 0. The maximum Gasteiger partial charge on any atom is 0.492 e. The molecule has 0 fully saturated rings. The lowest BCUT2D eigenvalue weighted by atomic mass is 9.79. The maximum atomic E-state index is 13.1. The molecule has 7 heteroatoms. The first-order valence-corrected chi connectivity index (χ1v) is 6.30. The summed E-state index contributed by atoms with van der Waals surface area (Å²) in [6.07, 6.45) is 1.84. The minimum absolute atomic E-state index is 0.00621. The summed E-state index contributed by atoms with van der Waals surface area (Å²) >= 11 is 0. The molecule has 1 heterocycles. The monoisotopic (exact) mass is 278 g/mol. The maximum absolute atomic E-state index is 13.1. The highest BCUT2D eigenvalue weighted by molar-refractivity contribution is 6.59. The third kappa shape index (κ3) is 3.37. The smallest absolute Gasteiger partial charge is 0.488 e. The first-order valence-electron chi connectivity index (χ1n) is 6.30. The van der Waals surface area contributed by atoms with Crippen LogP contribution >= 0.6 is 0 Å². The van der Waals surface area contributed by atoms with Crippen LogP contribution in [0.25, 0.3) is 0 Å². The van der Waals surface area contributed by atoms with Crippen LogP contribution in [-0.4, -0.2) is 26.9 Å². The van der Waals surface area contributed by atoms with Crippen molar-refractivity contribution in [2.24, 2.45) is 0 Å². The Morgan fingerprint density at radius 2 is 2.10 bits per heavy atom. The molecule has 2 aromatic rings. The second-order valence-corrected chi connectivity index (χ2v) is 4.73. The van der Waals surface area contributed by atoms with Crippen molar-refractivity contribution < 1.29 is 19.2 Å². The van der Waals surface area contributed by atoms with Crippen molar-refractivity contribution in [3.63, 3.8) is 0 Å². The Bertz CT molecular complexity index is 587. The predicted molar refractivity (Wildman–Crippen MR) is 73.2 cm³/mol. The second kappa shape index (κ2) is 6.07. The zero-order valence-corrected chi connectivity index (χ0v) is 11.3. The number of nitrogens with zero attached hydrogens (tertiary/aromatic N) is 2. The Kier molecular flexibility index (Phi) is 4.41. The van der Waals surface area contributed by atoms with E-state index >= 15 is 0 Å². The molecule has 0 radical (unpaired) electrons. The predicted octanol–water partition coefficient (Wildman–Crippen LogP) is 0.862. The molecule has 0 amide bonds. The van der Waals surface area contributed by atoms with Crippen molar-refractivity contribution in [2.75, 3.05) is 0 Å². The van der Waals surface area contributed by atoms with Crippen LogP contribution in [0.5, 0.6) is 5.75 Å². The molecule has 2 N–H and O–H groups in total. The van der Waals surface area contributed by atoms with Crippen LogP contribution in [-0.2, 0) is 6.61 Å². The van der Waals surface area contributed by atoms with Crippen molar-refractivity contribution in [3.8, 4) is 5.75 Å². The lowest BCUT2D eigenvalue weighted by molar-refractivity contribution is 0.299. The Morgan fingerprint density at radius 1 is 1.35 bits per heavy atom. The number of ether oxygens (including phenoxy) is 1. The molecule has 0 aliphatic carbocycles. The molecule has 0 bridgehead atoms. The fourth-order valence-corrected chi connectivity index (χ4v) is 1.75. The van der Waals surface area contributed by atoms with Gasteiger partial charge in [-0.1, -0.05) is 0 Å². The lowest BCUT2D eigenvalue weighted by Crippen LogP contribution is -2.31. The van der Waals surface area contributed by atoms with Crippen LogP contribution in [0, 0.1) is 5.82 Å². The van der Waals surface area contributed by atoms with Gasteiger partial charge in [-0.05, 0) is 38.1 Å². The largest absolute Gasteiger partial charge is 0.492 e. The lowest BCUT2D eigenvalue weighted by Gasteiger charge is -2.10. The highest BCUT2D eigenvalue weighted by atomic mass is 19.1. The summed E-state index contributed by atoms with van der Waals surface area (Å²) in [6.45, 7) is 4.20. The molecule has 0 atom stereocenters. The average Bonchev–Trinajstić information content (AvgIpc) is 2.86. The van der Waals surface area contributed by atoms with Gasteiger partial charge in [-0.2, -0.15) is 5.10 Å². The van der Waals surface area contributed by atoms with Crippen LogP contribution in [0.2, 0.25) is 0 Å². The number of aromatic nitrogens is 2. The van der Waals surface area contributed by atoms with Gasteiger partial charge < -0.3 is 14.8 Å². The first kappa shape index (κ1) is 14.6. The Labute approximate surface area is 116 Å². The van der Waals surface area contributed by atoms with Crippen LogP contribution in [0.15, 0.2) is 30.5 Å². The van der Waals surface area contributed by atoms with Crippen LogP contribution in [0.4, 0.5) is 4.39 Å². The van der Waals surface area contributed by atoms with Gasteiger partial charge >= 0.3 is 7.12 Å². The van der Waals surface area contributed by atoms with Gasteiger partial charge in [-0.25, -0.2) is 4.39 Å². The molecule has 20 heavy (non-hydrogen) atoms. The number of hydrogen-bond donors (Lipinski definition) is 2. The molecule has 5 nitrogen and oxygen atoms in total. The average molecular weight is 278 g/mol. The summed E-state index contributed by atoms with van der Waals surface area (Å²) < 4.78 is 20.3. The molecule has 0 saturated carbocycles. The Hall–Kier alpha value is -1.86. The summed E-state index contributed by atoms with van der Waals surface area (Å²) in [6, 6.07) is 5.67. The molecular formula is C13H16BFN2O3. The Balaban J connectivity index is 2.10. The van der Waals surface area contributed by atoms with Crippen LogP contribution in [0.3, 0.4) is 0 Å². The molecule has 0 aliphatic heterocycles. The highest BCUT2D eigenvalue weighted by Gasteiger charge is 2.18. The van der Waals surface area contributed by atoms with Gasteiger partial charge in [0.1, 0.15) is 18.2 Å². The van der Waals surface area contributed by atoms with Gasteiger partial charge in [0.15, 0.2) is 0 Å². The molecule has 0 unspecified atom stereocenters. The SMILES string of the molecule is CC(C)n1ccc(COc2ccc(F)cc2B(O)O)n1. The topological polar surface area (TPSA) is 67.5 Å². The van der Waals surface area contributed by atoms with E-state index in [2.05, 4.69) is 5.10 Å². The number of hydrogen-bond acceptors (Lipinski definition) is 4. The van der Waals surface area contributed by atoms with E-state index in [1.807, 2.05) is 26.1 Å². The van der Waals surface area contributed by atoms with E-state index in [0.29, 0.717) is 5.69 Å². The van der Waals surface area contributed by atoms with Gasteiger partial charge in [0.25, 0.3) is 0 Å². The van der Waals surface area contributed by atoms with Gasteiger partial charge in [0.05, 0.1) is 5.69 Å². The van der Waals surface area contributed by atoms with E-state index in [1.54, 1.807) is 4.68 Å². The van der Waals surface area contributed by atoms with Gasteiger partial charge in [-0.15, -0.1) is 0 Å². The minimum atomic E-state index is -1.78. The second-order valence-electron chi connectivity index (χ2n) is 4.73. The van der Waals surface area contributed by atoms with Crippen molar-refractivity contribution in [1.82, 2.24) is 9.78 Å². The van der Waals surface area contributed by atoms with Crippen molar-refractivity contribution in [3.05, 3.63) is 42.0 Å². The first-order chi connectivity index (χ1) is 9.47. The van der Waals surface area contributed by atoms with E-state index in [-0.39, 0.29) is 23.9 Å². The van der Waals surface area contributed by atoms with E-state index < -0.39 is 12.9 Å². The third-order valence-electron chi connectivity index (χ3n) is 2.82. The highest BCUT2D eigenvalue weighted by Crippen LogP contribution is 2.12. The molecule has 0 saturated heterocycles. The normalized spacial score (nSPS) is 10.9. The number of benzene rings is 1. The van der Waals surface area contributed by atoms with Gasteiger partial charge in [0, 0.05) is 17.7 Å². The number of halogens is 1.